The Bertz CT molecular complexity index is 333. The highest BCUT2D eigenvalue weighted by Gasteiger charge is 2.41. The van der Waals surface area contributed by atoms with Crippen molar-refractivity contribution in [3.8, 4) is 0 Å². The molecule has 1 amide bonds. The standard InChI is InChI=1S/C15H27NO3/c1-14(2,3)19-13(18)16-9-5-8-15(11-16)7-4-6-12(17)10-15/h12,17H,4-11H2,1-3H3. The van der Waals surface area contributed by atoms with Gasteiger partial charge in [0.05, 0.1) is 6.10 Å². The van der Waals surface area contributed by atoms with Crippen LogP contribution in [0.4, 0.5) is 4.79 Å². The second-order valence-electron chi connectivity index (χ2n) is 7.26. The number of ether oxygens (including phenoxy) is 1. The Morgan fingerprint density at radius 3 is 2.63 bits per heavy atom. The summed E-state index contributed by atoms with van der Waals surface area (Å²) in [5.74, 6) is 0. The number of hydrogen-bond acceptors (Lipinski definition) is 3. The number of likely N-dealkylation sites (tertiary alicyclic amines) is 1. The third kappa shape index (κ3) is 3.85. The number of hydrogen-bond donors (Lipinski definition) is 1. The van der Waals surface area contributed by atoms with Crippen molar-refractivity contribution in [3.63, 3.8) is 0 Å². The molecule has 1 aliphatic heterocycles. The predicted octanol–water partition coefficient (Wildman–Crippen LogP) is 2.94. The Kier molecular flexibility index (Phi) is 4.09. The van der Waals surface area contributed by atoms with E-state index in [0.29, 0.717) is 0 Å². The summed E-state index contributed by atoms with van der Waals surface area (Å²) in [6, 6.07) is 0. The maximum atomic E-state index is 12.2. The first kappa shape index (κ1) is 14.6. The Hall–Kier alpha value is -0.770. The fraction of sp³-hybridized carbons (Fsp3) is 0.933. The molecule has 0 aromatic heterocycles. The van der Waals surface area contributed by atoms with E-state index in [2.05, 4.69) is 0 Å². The van der Waals surface area contributed by atoms with Gasteiger partial charge in [0.15, 0.2) is 0 Å². The maximum absolute atomic E-state index is 12.2. The molecule has 2 atom stereocenters. The van der Waals surface area contributed by atoms with Crippen molar-refractivity contribution in [2.24, 2.45) is 5.41 Å². The molecular formula is C15H27NO3. The van der Waals surface area contributed by atoms with Gasteiger partial charge in [0.2, 0.25) is 0 Å². The molecule has 0 bridgehead atoms. The van der Waals surface area contributed by atoms with E-state index in [-0.39, 0.29) is 17.6 Å². The third-order valence-corrected chi connectivity index (χ3v) is 4.23. The summed E-state index contributed by atoms with van der Waals surface area (Å²) in [4.78, 5) is 14.0. The van der Waals surface area contributed by atoms with Crippen LogP contribution in [-0.2, 0) is 4.74 Å². The molecule has 2 fully saturated rings. The smallest absolute Gasteiger partial charge is 0.410 e. The minimum atomic E-state index is -0.437. The number of nitrogens with zero attached hydrogens (tertiary/aromatic N) is 1. The first-order chi connectivity index (χ1) is 8.80. The number of amides is 1. The molecule has 2 unspecified atom stereocenters. The van der Waals surface area contributed by atoms with Crippen molar-refractivity contribution in [1.29, 1.82) is 0 Å². The van der Waals surface area contributed by atoms with E-state index in [0.717, 1.165) is 51.6 Å². The van der Waals surface area contributed by atoms with Crippen molar-refractivity contribution in [3.05, 3.63) is 0 Å². The van der Waals surface area contributed by atoms with Crippen LogP contribution in [0.2, 0.25) is 0 Å². The van der Waals surface area contributed by atoms with Gasteiger partial charge in [-0.25, -0.2) is 4.79 Å². The number of rotatable bonds is 0. The van der Waals surface area contributed by atoms with Gasteiger partial charge in [-0.15, -0.1) is 0 Å². The molecule has 1 aliphatic carbocycles. The minimum absolute atomic E-state index is 0.132. The van der Waals surface area contributed by atoms with Crippen LogP contribution in [0.3, 0.4) is 0 Å². The van der Waals surface area contributed by atoms with Gasteiger partial charge >= 0.3 is 6.09 Å². The fourth-order valence-corrected chi connectivity index (χ4v) is 3.48. The van der Waals surface area contributed by atoms with Gasteiger partial charge in [-0.05, 0) is 58.3 Å². The molecule has 1 saturated carbocycles. The molecule has 0 aromatic rings. The van der Waals surface area contributed by atoms with Crippen LogP contribution in [0.15, 0.2) is 0 Å². The molecule has 4 nitrogen and oxygen atoms in total. The highest BCUT2D eigenvalue weighted by molar-refractivity contribution is 5.68. The van der Waals surface area contributed by atoms with Gasteiger partial charge < -0.3 is 14.7 Å². The molecule has 110 valence electrons. The summed E-state index contributed by atoms with van der Waals surface area (Å²) < 4.78 is 5.46. The lowest BCUT2D eigenvalue weighted by Crippen LogP contribution is -2.49. The minimum Gasteiger partial charge on any atom is -0.444 e. The maximum Gasteiger partial charge on any atom is 0.410 e. The normalized spacial score (nSPS) is 32.4. The molecule has 0 radical (unpaired) electrons. The van der Waals surface area contributed by atoms with E-state index in [4.69, 9.17) is 4.74 Å². The topological polar surface area (TPSA) is 49.8 Å². The fourth-order valence-electron chi connectivity index (χ4n) is 3.48. The number of aliphatic hydroxyl groups is 1. The largest absolute Gasteiger partial charge is 0.444 e. The van der Waals surface area contributed by atoms with Gasteiger partial charge in [-0.3, -0.25) is 0 Å². The van der Waals surface area contributed by atoms with E-state index < -0.39 is 5.60 Å². The second-order valence-corrected chi connectivity index (χ2v) is 7.26. The van der Waals surface area contributed by atoms with Crippen LogP contribution in [0, 0.1) is 5.41 Å². The zero-order valence-corrected chi connectivity index (χ0v) is 12.4. The number of carbonyl (C=O) groups is 1. The van der Waals surface area contributed by atoms with Crippen LogP contribution >= 0.6 is 0 Å². The molecule has 1 saturated heterocycles. The van der Waals surface area contributed by atoms with Crippen LogP contribution < -0.4 is 0 Å². The zero-order valence-electron chi connectivity index (χ0n) is 12.4. The van der Waals surface area contributed by atoms with Gasteiger partial charge in [0.1, 0.15) is 5.60 Å². The quantitative estimate of drug-likeness (QED) is 0.735. The van der Waals surface area contributed by atoms with Crippen molar-refractivity contribution in [2.75, 3.05) is 13.1 Å². The molecule has 19 heavy (non-hydrogen) atoms. The van der Waals surface area contributed by atoms with Gasteiger partial charge in [0.25, 0.3) is 0 Å². The predicted molar refractivity (Wildman–Crippen MR) is 73.9 cm³/mol. The second kappa shape index (κ2) is 5.31. The number of carbonyl (C=O) groups excluding carboxylic acids is 1. The summed E-state index contributed by atoms with van der Waals surface area (Å²) in [5, 5.41) is 9.90. The molecular weight excluding hydrogens is 242 g/mol. The highest BCUT2D eigenvalue weighted by atomic mass is 16.6. The molecule has 2 rings (SSSR count). The van der Waals surface area contributed by atoms with Crippen LogP contribution in [0.25, 0.3) is 0 Å². The van der Waals surface area contributed by atoms with E-state index in [9.17, 15) is 9.90 Å². The number of aliphatic hydroxyl groups excluding tert-OH is 1. The van der Waals surface area contributed by atoms with Crippen LogP contribution in [0.1, 0.15) is 59.3 Å². The van der Waals surface area contributed by atoms with Crippen LogP contribution in [0.5, 0.6) is 0 Å². The van der Waals surface area contributed by atoms with Gasteiger partial charge in [0, 0.05) is 13.1 Å². The lowest BCUT2D eigenvalue weighted by Gasteiger charge is -2.46. The number of piperidine rings is 1. The van der Waals surface area contributed by atoms with Crippen molar-refractivity contribution in [2.45, 2.75) is 71.0 Å². The summed E-state index contributed by atoms with van der Waals surface area (Å²) >= 11 is 0. The SMILES string of the molecule is CC(C)(C)OC(=O)N1CCCC2(CCCC(O)C2)C1. The van der Waals surface area contributed by atoms with E-state index in [1.54, 1.807) is 0 Å². The first-order valence-corrected chi connectivity index (χ1v) is 7.46. The van der Waals surface area contributed by atoms with Crippen molar-refractivity contribution >= 4 is 6.09 Å². The summed E-state index contributed by atoms with van der Waals surface area (Å²) in [6.45, 7) is 7.23. The Morgan fingerprint density at radius 2 is 2.00 bits per heavy atom. The third-order valence-electron chi connectivity index (χ3n) is 4.23. The summed E-state index contributed by atoms with van der Waals surface area (Å²) in [5.41, 5.74) is -0.305. The van der Waals surface area contributed by atoms with E-state index in [1.165, 1.54) is 0 Å². The molecule has 1 heterocycles. The average molecular weight is 269 g/mol. The Balaban J connectivity index is 1.98. The lowest BCUT2D eigenvalue weighted by molar-refractivity contribution is -0.0244. The monoisotopic (exact) mass is 269 g/mol. The average Bonchev–Trinajstić information content (AvgIpc) is 2.26. The Labute approximate surface area is 116 Å². The molecule has 1 N–H and O–H groups in total. The Morgan fingerprint density at radius 1 is 1.32 bits per heavy atom. The molecule has 1 spiro atoms. The molecule has 4 heteroatoms. The molecule has 2 aliphatic rings. The van der Waals surface area contributed by atoms with Crippen molar-refractivity contribution < 1.29 is 14.6 Å². The van der Waals surface area contributed by atoms with E-state index >= 15 is 0 Å². The van der Waals surface area contributed by atoms with Gasteiger partial charge in [-0.1, -0.05) is 6.42 Å². The van der Waals surface area contributed by atoms with E-state index in [1.807, 2.05) is 25.7 Å². The zero-order chi connectivity index (χ0) is 14.1. The first-order valence-electron chi connectivity index (χ1n) is 7.46. The highest BCUT2D eigenvalue weighted by Crippen LogP contribution is 2.43. The van der Waals surface area contributed by atoms with Crippen molar-refractivity contribution in [1.82, 2.24) is 4.90 Å². The summed E-state index contributed by atoms with van der Waals surface area (Å²) in [7, 11) is 0. The van der Waals surface area contributed by atoms with Crippen LogP contribution in [-0.4, -0.2) is 40.9 Å². The molecule has 0 aromatic carbocycles. The van der Waals surface area contributed by atoms with Gasteiger partial charge in [-0.2, -0.15) is 0 Å². The summed E-state index contributed by atoms with van der Waals surface area (Å²) in [6.07, 6.45) is 5.71. The lowest BCUT2D eigenvalue weighted by atomic mass is 9.68.